The van der Waals surface area contributed by atoms with Crippen molar-refractivity contribution >= 4 is 11.6 Å². The standard InChI is InChI=1S/C11H10ClNO/c1-7-8(2)14-11(13-7)9-4-3-5-10(12)6-9/h3-6H,1-2H3. The zero-order valence-corrected chi connectivity index (χ0v) is 8.80. The molecule has 1 aromatic heterocycles. The van der Waals surface area contributed by atoms with Gasteiger partial charge in [0.15, 0.2) is 0 Å². The zero-order valence-electron chi connectivity index (χ0n) is 8.04. The van der Waals surface area contributed by atoms with Gasteiger partial charge in [0.1, 0.15) is 5.76 Å². The molecule has 0 aliphatic heterocycles. The summed E-state index contributed by atoms with van der Waals surface area (Å²) in [6.07, 6.45) is 0. The summed E-state index contributed by atoms with van der Waals surface area (Å²) in [7, 11) is 0. The van der Waals surface area contributed by atoms with E-state index < -0.39 is 0 Å². The van der Waals surface area contributed by atoms with E-state index in [1.807, 2.05) is 38.1 Å². The first-order valence-electron chi connectivity index (χ1n) is 4.37. The highest BCUT2D eigenvalue weighted by Gasteiger charge is 2.07. The Morgan fingerprint density at radius 1 is 1.29 bits per heavy atom. The molecule has 0 aliphatic rings. The van der Waals surface area contributed by atoms with Crippen molar-refractivity contribution in [1.29, 1.82) is 0 Å². The fraction of sp³-hybridized carbons (Fsp3) is 0.182. The first-order chi connectivity index (χ1) is 6.66. The quantitative estimate of drug-likeness (QED) is 0.714. The zero-order chi connectivity index (χ0) is 10.1. The van der Waals surface area contributed by atoms with Gasteiger partial charge in [0.2, 0.25) is 5.89 Å². The van der Waals surface area contributed by atoms with Crippen molar-refractivity contribution in [1.82, 2.24) is 4.98 Å². The third-order valence-corrected chi connectivity index (χ3v) is 2.34. The molecule has 2 nitrogen and oxygen atoms in total. The van der Waals surface area contributed by atoms with Gasteiger partial charge in [0.05, 0.1) is 5.69 Å². The maximum Gasteiger partial charge on any atom is 0.226 e. The second-order valence-electron chi connectivity index (χ2n) is 3.17. The number of oxazole rings is 1. The predicted molar refractivity (Wildman–Crippen MR) is 56.4 cm³/mol. The molecule has 1 heterocycles. The number of rotatable bonds is 1. The molecule has 0 unspecified atom stereocenters. The first-order valence-corrected chi connectivity index (χ1v) is 4.74. The van der Waals surface area contributed by atoms with E-state index in [0.717, 1.165) is 17.0 Å². The second kappa shape index (κ2) is 3.46. The SMILES string of the molecule is Cc1nc(-c2cccc(Cl)c2)oc1C. The van der Waals surface area contributed by atoms with E-state index in [4.69, 9.17) is 16.0 Å². The average Bonchev–Trinajstić information content (AvgIpc) is 2.47. The molecule has 0 spiro atoms. The molecule has 1 aromatic carbocycles. The minimum atomic E-state index is 0.627. The van der Waals surface area contributed by atoms with E-state index in [1.165, 1.54) is 0 Å². The Morgan fingerprint density at radius 3 is 2.64 bits per heavy atom. The average molecular weight is 208 g/mol. The van der Waals surface area contributed by atoms with E-state index in [-0.39, 0.29) is 0 Å². The lowest BCUT2D eigenvalue weighted by Gasteiger charge is -1.94. The van der Waals surface area contributed by atoms with Crippen molar-refractivity contribution in [2.45, 2.75) is 13.8 Å². The molecular weight excluding hydrogens is 198 g/mol. The maximum absolute atomic E-state index is 5.87. The molecule has 0 amide bonds. The number of hydrogen-bond donors (Lipinski definition) is 0. The highest BCUT2D eigenvalue weighted by molar-refractivity contribution is 6.30. The summed E-state index contributed by atoms with van der Waals surface area (Å²) in [6, 6.07) is 7.48. The third-order valence-electron chi connectivity index (χ3n) is 2.10. The van der Waals surface area contributed by atoms with Crippen LogP contribution in [-0.2, 0) is 0 Å². The molecule has 0 aliphatic carbocycles. The van der Waals surface area contributed by atoms with Crippen LogP contribution in [0.2, 0.25) is 5.02 Å². The van der Waals surface area contributed by atoms with Gasteiger partial charge in [-0.15, -0.1) is 0 Å². The Hall–Kier alpha value is -1.28. The number of aryl methyl sites for hydroxylation is 2. The molecule has 3 heteroatoms. The van der Waals surface area contributed by atoms with Gasteiger partial charge in [-0.2, -0.15) is 0 Å². The molecule has 0 saturated heterocycles. The molecule has 0 fully saturated rings. The number of benzene rings is 1. The normalized spacial score (nSPS) is 10.5. The van der Waals surface area contributed by atoms with Gasteiger partial charge in [-0.3, -0.25) is 0 Å². The molecule has 0 N–H and O–H groups in total. The predicted octanol–water partition coefficient (Wildman–Crippen LogP) is 3.61. The molecule has 14 heavy (non-hydrogen) atoms. The van der Waals surface area contributed by atoms with E-state index >= 15 is 0 Å². The summed E-state index contributed by atoms with van der Waals surface area (Å²) in [5.41, 5.74) is 1.83. The van der Waals surface area contributed by atoms with Crippen LogP contribution >= 0.6 is 11.6 Å². The molecule has 0 saturated carbocycles. The second-order valence-corrected chi connectivity index (χ2v) is 3.61. The molecule has 0 radical (unpaired) electrons. The van der Waals surface area contributed by atoms with Gasteiger partial charge in [0.25, 0.3) is 0 Å². The minimum absolute atomic E-state index is 0.627. The van der Waals surface area contributed by atoms with Crippen LogP contribution < -0.4 is 0 Å². The summed E-state index contributed by atoms with van der Waals surface area (Å²) in [5.74, 6) is 1.47. The highest BCUT2D eigenvalue weighted by Crippen LogP contribution is 2.23. The molecule has 72 valence electrons. The third kappa shape index (κ3) is 1.66. The van der Waals surface area contributed by atoms with E-state index in [9.17, 15) is 0 Å². The van der Waals surface area contributed by atoms with Crippen LogP contribution in [0.5, 0.6) is 0 Å². The topological polar surface area (TPSA) is 26.0 Å². The summed E-state index contributed by atoms with van der Waals surface area (Å²) in [5, 5.41) is 0.691. The summed E-state index contributed by atoms with van der Waals surface area (Å²) >= 11 is 5.87. The summed E-state index contributed by atoms with van der Waals surface area (Å²) in [4.78, 5) is 4.30. The maximum atomic E-state index is 5.87. The van der Waals surface area contributed by atoms with Crippen LogP contribution in [0.3, 0.4) is 0 Å². The fourth-order valence-corrected chi connectivity index (χ4v) is 1.41. The van der Waals surface area contributed by atoms with Crippen LogP contribution in [0.25, 0.3) is 11.5 Å². The van der Waals surface area contributed by atoms with Crippen molar-refractivity contribution in [3.63, 3.8) is 0 Å². The van der Waals surface area contributed by atoms with Crippen molar-refractivity contribution in [2.75, 3.05) is 0 Å². The van der Waals surface area contributed by atoms with Gasteiger partial charge < -0.3 is 4.42 Å². The van der Waals surface area contributed by atoms with Gasteiger partial charge >= 0.3 is 0 Å². The molecular formula is C11H10ClNO. The van der Waals surface area contributed by atoms with Crippen LogP contribution in [0, 0.1) is 13.8 Å². The fourth-order valence-electron chi connectivity index (χ4n) is 1.22. The summed E-state index contributed by atoms with van der Waals surface area (Å²) in [6.45, 7) is 3.82. The largest absolute Gasteiger partial charge is 0.441 e. The Morgan fingerprint density at radius 2 is 2.07 bits per heavy atom. The van der Waals surface area contributed by atoms with Crippen molar-refractivity contribution in [3.8, 4) is 11.5 Å². The minimum Gasteiger partial charge on any atom is -0.441 e. The lowest BCUT2D eigenvalue weighted by atomic mass is 10.2. The van der Waals surface area contributed by atoms with Crippen LogP contribution in [0.4, 0.5) is 0 Å². The monoisotopic (exact) mass is 207 g/mol. The number of hydrogen-bond acceptors (Lipinski definition) is 2. The number of halogens is 1. The lowest BCUT2D eigenvalue weighted by Crippen LogP contribution is -1.77. The van der Waals surface area contributed by atoms with Gasteiger partial charge in [-0.25, -0.2) is 4.98 Å². The van der Waals surface area contributed by atoms with Crippen molar-refractivity contribution < 1.29 is 4.42 Å². The van der Waals surface area contributed by atoms with Crippen LogP contribution in [0.15, 0.2) is 28.7 Å². The van der Waals surface area contributed by atoms with E-state index in [0.29, 0.717) is 10.9 Å². The Balaban J connectivity index is 2.49. The van der Waals surface area contributed by atoms with Crippen molar-refractivity contribution in [2.24, 2.45) is 0 Å². The Labute approximate surface area is 87.5 Å². The summed E-state index contributed by atoms with van der Waals surface area (Å²) < 4.78 is 5.49. The highest BCUT2D eigenvalue weighted by atomic mass is 35.5. The van der Waals surface area contributed by atoms with Crippen LogP contribution in [-0.4, -0.2) is 4.98 Å². The van der Waals surface area contributed by atoms with E-state index in [2.05, 4.69) is 4.98 Å². The number of nitrogens with zero attached hydrogens (tertiary/aromatic N) is 1. The molecule has 0 bridgehead atoms. The van der Waals surface area contributed by atoms with Gasteiger partial charge in [-0.1, -0.05) is 17.7 Å². The number of aromatic nitrogens is 1. The molecule has 2 aromatic rings. The lowest BCUT2D eigenvalue weighted by molar-refractivity contribution is 0.541. The molecule has 0 atom stereocenters. The first kappa shape index (κ1) is 9.28. The van der Waals surface area contributed by atoms with Gasteiger partial charge in [0, 0.05) is 10.6 Å². The van der Waals surface area contributed by atoms with Gasteiger partial charge in [-0.05, 0) is 32.0 Å². The van der Waals surface area contributed by atoms with Crippen molar-refractivity contribution in [3.05, 3.63) is 40.7 Å². The smallest absolute Gasteiger partial charge is 0.226 e. The van der Waals surface area contributed by atoms with E-state index in [1.54, 1.807) is 0 Å². The molecule has 2 rings (SSSR count). The van der Waals surface area contributed by atoms with Crippen LogP contribution in [0.1, 0.15) is 11.5 Å². The Bertz CT molecular complexity index is 443. The Kier molecular flexibility index (Phi) is 2.30.